The summed E-state index contributed by atoms with van der Waals surface area (Å²) in [4.78, 5) is 2.58. The van der Waals surface area contributed by atoms with Crippen LogP contribution in [0.1, 0.15) is 64.9 Å². The molecule has 1 saturated carbocycles. The Labute approximate surface area is 165 Å². The van der Waals surface area contributed by atoms with Gasteiger partial charge in [-0.2, -0.15) is 0 Å². The van der Waals surface area contributed by atoms with Crippen LogP contribution in [0, 0.1) is 5.92 Å². The summed E-state index contributed by atoms with van der Waals surface area (Å²) in [6, 6.07) is 10.9. The lowest BCUT2D eigenvalue weighted by atomic mass is 9.59. The highest BCUT2D eigenvalue weighted by atomic mass is 16.6. The van der Waals surface area contributed by atoms with E-state index < -0.39 is 0 Å². The number of likely N-dealkylation sites (tertiary alicyclic amines) is 1. The topological polar surface area (TPSA) is 21.7 Å². The summed E-state index contributed by atoms with van der Waals surface area (Å²) in [5, 5.41) is 0. The van der Waals surface area contributed by atoms with Crippen molar-refractivity contribution in [2.75, 3.05) is 26.2 Å². The minimum atomic E-state index is -0.206. The van der Waals surface area contributed by atoms with Crippen LogP contribution in [0.15, 0.2) is 30.3 Å². The Morgan fingerprint density at radius 1 is 1.07 bits per heavy atom. The first-order valence-corrected chi connectivity index (χ1v) is 11.0. The second-order valence-corrected chi connectivity index (χ2v) is 9.78. The molecule has 3 nitrogen and oxygen atoms in total. The first kappa shape index (κ1) is 19.4. The Morgan fingerprint density at radius 3 is 2.48 bits per heavy atom. The second-order valence-electron chi connectivity index (χ2n) is 9.78. The zero-order chi connectivity index (χ0) is 19.0. The van der Waals surface area contributed by atoms with E-state index in [9.17, 15) is 0 Å². The standard InChI is InChI=1S/C24H37NO2/c1-22(2)21-12-13-23(3,27-22)24(19-21,18-20-10-6-4-7-11-20)26-17-16-25-14-8-5-9-15-25/h4,6-7,10-11,21H,5,8-9,12-19H2,1-3H3. The van der Waals surface area contributed by atoms with Gasteiger partial charge in [-0.1, -0.05) is 36.8 Å². The summed E-state index contributed by atoms with van der Waals surface area (Å²) < 4.78 is 13.6. The molecule has 3 saturated heterocycles. The molecule has 1 aliphatic carbocycles. The number of ether oxygens (including phenoxy) is 2. The van der Waals surface area contributed by atoms with Crippen LogP contribution < -0.4 is 0 Å². The highest BCUT2D eigenvalue weighted by Crippen LogP contribution is 2.56. The molecule has 0 amide bonds. The van der Waals surface area contributed by atoms with Crippen molar-refractivity contribution in [3.63, 3.8) is 0 Å². The molecule has 3 aliphatic heterocycles. The maximum absolute atomic E-state index is 6.84. The zero-order valence-corrected chi connectivity index (χ0v) is 17.5. The lowest BCUT2D eigenvalue weighted by Crippen LogP contribution is -2.70. The molecule has 1 aromatic rings. The van der Waals surface area contributed by atoms with Crippen LogP contribution >= 0.6 is 0 Å². The van der Waals surface area contributed by atoms with E-state index in [-0.39, 0.29) is 16.8 Å². The minimum absolute atomic E-state index is 0.0383. The molecule has 5 rings (SSSR count). The van der Waals surface area contributed by atoms with Crippen molar-refractivity contribution in [2.45, 2.75) is 82.5 Å². The number of nitrogens with zero attached hydrogens (tertiary/aromatic N) is 1. The van der Waals surface area contributed by atoms with Gasteiger partial charge in [0.25, 0.3) is 0 Å². The van der Waals surface area contributed by atoms with E-state index in [2.05, 4.69) is 56.0 Å². The van der Waals surface area contributed by atoms with Gasteiger partial charge in [-0.05, 0) is 77.4 Å². The van der Waals surface area contributed by atoms with Crippen molar-refractivity contribution in [1.29, 1.82) is 0 Å². The molecule has 27 heavy (non-hydrogen) atoms. The third kappa shape index (κ3) is 3.83. The van der Waals surface area contributed by atoms with Gasteiger partial charge in [0.05, 0.1) is 17.8 Å². The summed E-state index contributed by atoms with van der Waals surface area (Å²) in [6.45, 7) is 11.2. The Morgan fingerprint density at radius 2 is 1.81 bits per heavy atom. The third-order valence-corrected chi connectivity index (χ3v) is 7.55. The molecule has 3 unspecified atom stereocenters. The van der Waals surface area contributed by atoms with Crippen molar-refractivity contribution >= 4 is 0 Å². The molecule has 3 atom stereocenters. The SMILES string of the molecule is CC1(C)OC2(C)CCC1CC2(Cc1ccccc1)OCCN1CCCCC1. The molecule has 4 aliphatic rings. The third-order valence-electron chi connectivity index (χ3n) is 7.55. The molecule has 0 radical (unpaired) electrons. The van der Waals surface area contributed by atoms with Crippen LogP contribution in [0.5, 0.6) is 0 Å². The van der Waals surface area contributed by atoms with E-state index in [4.69, 9.17) is 9.47 Å². The highest BCUT2D eigenvalue weighted by Gasteiger charge is 2.62. The van der Waals surface area contributed by atoms with Crippen molar-refractivity contribution < 1.29 is 9.47 Å². The van der Waals surface area contributed by atoms with Gasteiger partial charge in [0, 0.05) is 13.0 Å². The molecular weight excluding hydrogens is 334 g/mol. The van der Waals surface area contributed by atoms with Gasteiger partial charge in [-0.3, -0.25) is 0 Å². The molecule has 0 N–H and O–H groups in total. The van der Waals surface area contributed by atoms with Gasteiger partial charge in [0.2, 0.25) is 0 Å². The molecule has 1 aromatic carbocycles. The predicted molar refractivity (Wildman–Crippen MR) is 110 cm³/mol. The first-order valence-electron chi connectivity index (χ1n) is 11.0. The fourth-order valence-electron chi connectivity index (χ4n) is 5.80. The quantitative estimate of drug-likeness (QED) is 0.714. The van der Waals surface area contributed by atoms with Gasteiger partial charge >= 0.3 is 0 Å². The monoisotopic (exact) mass is 371 g/mol. The average Bonchev–Trinajstić information content (AvgIpc) is 2.64. The fraction of sp³-hybridized carbons (Fsp3) is 0.750. The molecule has 150 valence electrons. The predicted octanol–water partition coefficient (Wildman–Crippen LogP) is 4.84. The maximum Gasteiger partial charge on any atom is 0.101 e. The van der Waals surface area contributed by atoms with Crippen LogP contribution in [0.25, 0.3) is 0 Å². The number of rotatable bonds is 6. The molecule has 0 spiro atoms. The molecule has 3 heteroatoms. The minimum Gasteiger partial charge on any atom is -0.370 e. The summed E-state index contributed by atoms with van der Waals surface area (Å²) in [6.07, 6.45) is 8.51. The lowest BCUT2D eigenvalue weighted by molar-refractivity contribution is -0.325. The Hall–Kier alpha value is -0.900. The van der Waals surface area contributed by atoms with Crippen LogP contribution in [0.2, 0.25) is 0 Å². The number of benzene rings is 1. The van der Waals surface area contributed by atoms with E-state index >= 15 is 0 Å². The summed E-state index contributed by atoms with van der Waals surface area (Å²) in [7, 11) is 0. The summed E-state index contributed by atoms with van der Waals surface area (Å²) in [5.74, 6) is 0.582. The molecule has 2 bridgehead atoms. The van der Waals surface area contributed by atoms with Crippen molar-refractivity contribution in [3.05, 3.63) is 35.9 Å². The smallest absolute Gasteiger partial charge is 0.101 e. The van der Waals surface area contributed by atoms with E-state index in [1.54, 1.807) is 0 Å². The van der Waals surface area contributed by atoms with Crippen LogP contribution in [0.4, 0.5) is 0 Å². The van der Waals surface area contributed by atoms with E-state index in [0.717, 1.165) is 32.4 Å². The van der Waals surface area contributed by atoms with Gasteiger partial charge < -0.3 is 14.4 Å². The maximum atomic E-state index is 6.84. The van der Waals surface area contributed by atoms with Crippen molar-refractivity contribution in [3.8, 4) is 0 Å². The van der Waals surface area contributed by atoms with Gasteiger partial charge in [0.1, 0.15) is 5.60 Å². The van der Waals surface area contributed by atoms with E-state index in [0.29, 0.717) is 5.92 Å². The first-order chi connectivity index (χ1) is 12.9. The van der Waals surface area contributed by atoms with Crippen LogP contribution in [0.3, 0.4) is 0 Å². The van der Waals surface area contributed by atoms with Crippen molar-refractivity contribution in [2.24, 2.45) is 5.92 Å². The average molecular weight is 372 g/mol. The molecule has 4 fully saturated rings. The summed E-state index contributed by atoms with van der Waals surface area (Å²) >= 11 is 0. The summed E-state index contributed by atoms with van der Waals surface area (Å²) in [5.41, 5.74) is 0.917. The molecule has 3 heterocycles. The lowest BCUT2D eigenvalue weighted by Gasteiger charge is -2.63. The molecule has 0 aromatic heterocycles. The Kier molecular flexibility index (Phi) is 5.39. The number of hydrogen-bond acceptors (Lipinski definition) is 3. The Bertz CT molecular complexity index is 625. The van der Waals surface area contributed by atoms with Gasteiger partial charge in [-0.25, -0.2) is 0 Å². The largest absolute Gasteiger partial charge is 0.370 e. The second kappa shape index (κ2) is 7.50. The zero-order valence-electron chi connectivity index (χ0n) is 17.5. The molecular formula is C24H37NO2. The van der Waals surface area contributed by atoms with Crippen molar-refractivity contribution in [1.82, 2.24) is 4.90 Å². The van der Waals surface area contributed by atoms with E-state index in [1.165, 1.54) is 44.3 Å². The number of piperidine rings is 1. The highest BCUT2D eigenvalue weighted by molar-refractivity contribution is 5.22. The van der Waals surface area contributed by atoms with Crippen LogP contribution in [-0.4, -0.2) is 47.9 Å². The van der Waals surface area contributed by atoms with E-state index in [1.807, 2.05) is 0 Å². The number of fused-ring (bicyclic) bond motifs is 3. The van der Waals surface area contributed by atoms with Gasteiger partial charge in [0.15, 0.2) is 0 Å². The van der Waals surface area contributed by atoms with Gasteiger partial charge in [-0.15, -0.1) is 0 Å². The number of hydrogen-bond donors (Lipinski definition) is 0. The Balaban J connectivity index is 1.52. The normalized spacial score (nSPS) is 36.0. The van der Waals surface area contributed by atoms with Crippen LogP contribution in [-0.2, 0) is 15.9 Å². The fourth-order valence-corrected chi connectivity index (χ4v) is 5.80.